The molecule has 0 bridgehead atoms. The Balaban J connectivity index is 2.40. The van der Waals surface area contributed by atoms with Crippen molar-refractivity contribution in [1.29, 1.82) is 0 Å². The highest BCUT2D eigenvalue weighted by molar-refractivity contribution is 5.99. The Hall–Kier alpha value is -2.24. The van der Waals surface area contributed by atoms with E-state index in [-0.39, 0.29) is 11.9 Å². The summed E-state index contributed by atoms with van der Waals surface area (Å²) in [6.45, 7) is 3.02. The minimum absolute atomic E-state index is 0.0471. The summed E-state index contributed by atoms with van der Waals surface area (Å²) in [6.07, 6.45) is 0. The molecule has 1 aromatic carbocycles. The summed E-state index contributed by atoms with van der Waals surface area (Å²) in [5.74, 6) is -0.525. The highest BCUT2D eigenvalue weighted by atomic mass is 16.5. The Morgan fingerprint density at radius 1 is 1.53 bits per heavy atom. The van der Waals surface area contributed by atoms with Crippen LogP contribution >= 0.6 is 0 Å². The smallest absolute Gasteiger partial charge is 0.340 e. The molecule has 2 rings (SSSR count). The van der Waals surface area contributed by atoms with Gasteiger partial charge in [0.25, 0.3) is 0 Å². The molecule has 0 aromatic heterocycles. The lowest BCUT2D eigenvalue weighted by Crippen LogP contribution is -2.54. The Morgan fingerprint density at radius 2 is 2.26 bits per heavy atom. The molecular formula is C13H17N3O3. The fourth-order valence-electron chi connectivity index (χ4n) is 2.20. The third-order valence-corrected chi connectivity index (χ3v) is 3.30. The monoisotopic (exact) mass is 263 g/mol. The number of nitrogen functional groups attached to an aromatic ring is 1. The van der Waals surface area contributed by atoms with E-state index in [1.807, 2.05) is 4.90 Å². The van der Waals surface area contributed by atoms with E-state index >= 15 is 0 Å². The number of hydrogen-bond acceptors (Lipinski definition) is 5. The second-order valence-electron chi connectivity index (χ2n) is 4.39. The lowest BCUT2D eigenvalue weighted by molar-refractivity contribution is -0.122. The second-order valence-corrected chi connectivity index (χ2v) is 4.39. The highest BCUT2D eigenvalue weighted by Gasteiger charge is 2.27. The molecule has 0 saturated carbocycles. The van der Waals surface area contributed by atoms with Crippen LogP contribution < -0.4 is 16.0 Å². The normalized spacial score (nSPS) is 18.9. The minimum Gasteiger partial charge on any atom is -0.465 e. The number of para-hydroxylation sites is 1. The number of rotatable bonds is 2. The SMILES string of the molecule is COC(=O)c1cccc(N2CCNC(=O)C2C)c1N. The predicted molar refractivity (Wildman–Crippen MR) is 72.0 cm³/mol. The van der Waals surface area contributed by atoms with Crippen LogP contribution in [0.15, 0.2) is 18.2 Å². The molecule has 1 heterocycles. The van der Waals surface area contributed by atoms with E-state index in [4.69, 9.17) is 10.5 Å². The average Bonchev–Trinajstić information content (AvgIpc) is 2.42. The molecule has 19 heavy (non-hydrogen) atoms. The molecular weight excluding hydrogens is 246 g/mol. The number of amides is 1. The Bertz CT molecular complexity index is 516. The number of anilines is 2. The number of carbonyl (C=O) groups excluding carboxylic acids is 2. The molecule has 1 saturated heterocycles. The quantitative estimate of drug-likeness (QED) is 0.595. The maximum Gasteiger partial charge on any atom is 0.340 e. The molecule has 102 valence electrons. The van der Waals surface area contributed by atoms with Gasteiger partial charge >= 0.3 is 5.97 Å². The highest BCUT2D eigenvalue weighted by Crippen LogP contribution is 2.29. The van der Waals surface area contributed by atoms with Crippen LogP contribution in [0.4, 0.5) is 11.4 Å². The zero-order valence-corrected chi connectivity index (χ0v) is 11.0. The first kappa shape index (κ1) is 13.2. The minimum atomic E-state index is -0.478. The molecule has 6 heteroatoms. The van der Waals surface area contributed by atoms with Gasteiger partial charge in [0.1, 0.15) is 6.04 Å². The molecule has 0 aliphatic carbocycles. The molecule has 1 aliphatic heterocycles. The molecule has 0 spiro atoms. The zero-order chi connectivity index (χ0) is 14.0. The van der Waals surface area contributed by atoms with Gasteiger partial charge in [-0.15, -0.1) is 0 Å². The van der Waals surface area contributed by atoms with Crippen molar-refractivity contribution < 1.29 is 14.3 Å². The fourth-order valence-corrected chi connectivity index (χ4v) is 2.20. The van der Waals surface area contributed by atoms with Gasteiger partial charge in [-0.3, -0.25) is 4.79 Å². The van der Waals surface area contributed by atoms with E-state index in [2.05, 4.69) is 5.32 Å². The maximum absolute atomic E-state index is 11.7. The van der Waals surface area contributed by atoms with Crippen LogP contribution in [-0.4, -0.2) is 38.1 Å². The number of methoxy groups -OCH3 is 1. The number of piperazine rings is 1. The molecule has 0 radical (unpaired) electrons. The van der Waals surface area contributed by atoms with Crippen LogP contribution in [0.2, 0.25) is 0 Å². The topological polar surface area (TPSA) is 84.7 Å². The van der Waals surface area contributed by atoms with Gasteiger partial charge in [-0.1, -0.05) is 6.07 Å². The largest absolute Gasteiger partial charge is 0.465 e. The number of esters is 1. The Labute approximate surface area is 111 Å². The van der Waals surface area contributed by atoms with Crippen molar-refractivity contribution >= 4 is 23.3 Å². The van der Waals surface area contributed by atoms with E-state index in [1.54, 1.807) is 25.1 Å². The first-order valence-electron chi connectivity index (χ1n) is 6.07. The zero-order valence-electron chi connectivity index (χ0n) is 11.0. The van der Waals surface area contributed by atoms with Gasteiger partial charge in [-0.25, -0.2) is 4.79 Å². The number of nitrogens with one attached hydrogen (secondary N) is 1. The van der Waals surface area contributed by atoms with Gasteiger partial charge in [0.05, 0.1) is 24.0 Å². The van der Waals surface area contributed by atoms with Crippen molar-refractivity contribution in [3.63, 3.8) is 0 Å². The lowest BCUT2D eigenvalue weighted by atomic mass is 10.1. The number of benzene rings is 1. The third-order valence-electron chi connectivity index (χ3n) is 3.30. The van der Waals surface area contributed by atoms with Crippen LogP contribution in [0.25, 0.3) is 0 Å². The molecule has 1 aromatic rings. The number of nitrogens with two attached hydrogens (primary N) is 1. The van der Waals surface area contributed by atoms with E-state index in [9.17, 15) is 9.59 Å². The molecule has 1 aliphatic rings. The van der Waals surface area contributed by atoms with E-state index in [1.165, 1.54) is 7.11 Å². The van der Waals surface area contributed by atoms with E-state index in [0.717, 1.165) is 0 Å². The van der Waals surface area contributed by atoms with E-state index in [0.29, 0.717) is 30.0 Å². The Morgan fingerprint density at radius 3 is 2.95 bits per heavy atom. The van der Waals surface area contributed by atoms with Gasteiger partial charge in [-0.05, 0) is 19.1 Å². The van der Waals surface area contributed by atoms with Crippen molar-refractivity contribution in [2.75, 3.05) is 30.8 Å². The van der Waals surface area contributed by atoms with Gasteiger partial charge in [0, 0.05) is 13.1 Å². The molecule has 1 atom stereocenters. The van der Waals surface area contributed by atoms with Gasteiger partial charge in [0.2, 0.25) is 5.91 Å². The maximum atomic E-state index is 11.7. The van der Waals surface area contributed by atoms with Crippen LogP contribution in [-0.2, 0) is 9.53 Å². The van der Waals surface area contributed by atoms with Crippen molar-refractivity contribution in [2.45, 2.75) is 13.0 Å². The van der Waals surface area contributed by atoms with Gasteiger partial charge in [0.15, 0.2) is 0 Å². The molecule has 6 nitrogen and oxygen atoms in total. The molecule has 1 fully saturated rings. The van der Waals surface area contributed by atoms with Crippen molar-refractivity contribution in [3.8, 4) is 0 Å². The summed E-state index contributed by atoms with van der Waals surface area (Å²) in [7, 11) is 1.31. The standard InChI is InChI=1S/C13H17N3O3/c1-8-12(17)15-6-7-16(8)10-5-3-4-9(11(10)14)13(18)19-2/h3-5,8H,6-7,14H2,1-2H3,(H,15,17). The molecule has 1 amide bonds. The summed E-state index contributed by atoms with van der Waals surface area (Å²) in [6, 6.07) is 4.83. The first-order chi connectivity index (χ1) is 9.06. The summed E-state index contributed by atoms with van der Waals surface area (Å²) >= 11 is 0. The first-order valence-corrected chi connectivity index (χ1v) is 6.07. The number of nitrogens with zero attached hydrogens (tertiary/aromatic N) is 1. The Kier molecular flexibility index (Phi) is 3.59. The van der Waals surface area contributed by atoms with E-state index < -0.39 is 5.97 Å². The number of hydrogen-bond donors (Lipinski definition) is 2. The van der Waals surface area contributed by atoms with Crippen LogP contribution in [0.5, 0.6) is 0 Å². The lowest BCUT2D eigenvalue weighted by Gasteiger charge is -2.35. The number of carbonyl (C=O) groups is 2. The summed E-state index contributed by atoms with van der Waals surface area (Å²) < 4.78 is 4.69. The van der Waals surface area contributed by atoms with Crippen molar-refractivity contribution in [2.24, 2.45) is 0 Å². The van der Waals surface area contributed by atoms with Crippen LogP contribution in [0.3, 0.4) is 0 Å². The molecule has 1 unspecified atom stereocenters. The number of ether oxygens (including phenoxy) is 1. The fraction of sp³-hybridized carbons (Fsp3) is 0.385. The van der Waals surface area contributed by atoms with Gasteiger partial charge < -0.3 is 20.7 Å². The van der Waals surface area contributed by atoms with Crippen LogP contribution in [0, 0.1) is 0 Å². The third kappa shape index (κ3) is 2.33. The predicted octanol–water partition coefficient (Wildman–Crippen LogP) is 0.380. The van der Waals surface area contributed by atoms with Gasteiger partial charge in [-0.2, -0.15) is 0 Å². The van der Waals surface area contributed by atoms with Crippen LogP contribution in [0.1, 0.15) is 17.3 Å². The second kappa shape index (κ2) is 5.17. The average molecular weight is 263 g/mol. The summed E-state index contributed by atoms with van der Waals surface area (Å²) in [5, 5.41) is 2.79. The summed E-state index contributed by atoms with van der Waals surface area (Å²) in [5.41, 5.74) is 7.37. The molecule has 3 N–H and O–H groups in total. The van der Waals surface area contributed by atoms with Crippen molar-refractivity contribution in [3.05, 3.63) is 23.8 Å². The summed E-state index contributed by atoms with van der Waals surface area (Å²) in [4.78, 5) is 25.2. The van der Waals surface area contributed by atoms with Crippen molar-refractivity contribution in [1.82, 2.24) is 5.32 Å².